The summed E-state index contributed by atoms with van der Waals surface area (Å²) in [5.41, 5.74) is 0.0553. The summed E-state index contributed by atoms with van der Waals surface area (Å²) in [5.74, 6) is -1.78. The number of aromatic nitrogens is 2. The average molecular weight is 280 g/mol. The van der Waals surface area contributed by atoms with Crippen LogP contribution in [0.25, 0.3) is 0 Å². The third-order valence-electron chi connectivity index (χ3n) is 1.48. The van der Waals surface area contributed by atoms with Crippen LogP contribution in [0.15, 0.2) is 6.33 Å². The number of anilines is 1. The number of nitrogens with one attached hydrogen (secondary N) is 1. The molecule has 92 valence electrons. The molecule has 0 fully saturated rings. The van der Waals surface area contributed by atoms with Gasteiger partial charge in [0.15, 0.2) is 10.3 Å². The Morgan fingerprint density at radius 2 is 1.88 bits per heavy atom. The van der Waals surface area contributed by atoms with Gasteiger partial charge in [-0.15, -0.1) is 0 Å². The lowest BCUT2D eigenvalue weighted by atomic mass is 10.5. The molecule has 0 aliphatic heterocycles. The molecule has 1 aromatic rings. The van der Waals surface area contributed by atoms with Crippen LogP contribution in [0.3, 0.4) is 0 Å². The second kappa shape index (κ2) is 6.33. The number of carbonyl (C=O) groups excluding carboxylic acids is 1. The fraction of sp³-hybridized carbons (Fsp3) is 0.250. The predicted octanol–water partition coefficient (Wildman–Crippen LogP) is 0.823. The molecule has 1 heterocycles. The van der Waals surface area contributed by atoms with Gasteiger partial charge < -0.3 is 15.2 Å². The summed E-state index contributed by atoms with van der Waals surface area (Å²) < 4.78 is 4.57. The van der Waals surface area contributed by atoms with Gasteiger partial charge in [0.05, 0.1) is 0 Å². The van der Waals surface area contributed by atoms with E-state index in [-0.39, 0.29) is 16.0 Å². The van der Waals surface area contributed by atoms with Crippen molar-refractivity contribution in [3.63, 3.8) is 0 Å². The Morgan fingerprint density at radius 3 is 2.41 bits per heavy atom. The number of hydrogen-bond acceptors (Lipinski definition) is 5. The highest BCUT2D eigenvalue weighted by Gasteiger charge is 2.12. The zero-order valence-electron chi connectivity index (χ0n) is 8.31. The van der Waals surface area contributed by atoms with Gasteiger partial charge in [-0.1, -0.05) is 23.2 Å². The van der Waals surface area contributed by atoms with E-state index in [4.69, 9.17) is 28.3 Å². The Balaban J connectivity index is 2.53. The van der Waals surface area contributed by atoms with Gasteiger partial charge in [0, 0.05) is 0 Å². The van der Waals surface area contributed by atoms with E-state index in [0.717, 1.165) is 6.33 Å². The quantitative estimate of drug-likeness (QED) is 0.774. The summed E-state index contributed by atoms with van der Waals surface area (Å²) in [6.45, 7) is -1.01. The van der Waals surface area contributed by atoms with Crippen LogP contribution < -0.4 is 5.32 Å². The van der Waals surface area contributed by atoms with Crippen molar-refractivity contribution < 1.29 is 19.4 Å². The fourth-order valence-corrected chi connectivity index (χ4v) is 1.26. The largest absolute Gasteiger partial charge is 0.480 e. The van der Waals surface area contributed by atoms with Crippen LogP contribution in [0.1, 0.15) is 0 Å². The van der Waals surface area contributed by atoms with Gasteiger partial charge in [0.1, 0.15) is 25.2 Å². The van der Waals surface area contributed by atoms with E-state index in [1.165, 1.54) is 0 Å². The van der Waals surface area contributed by atoms with Crippen molar-refractivity contribution in [3.05, 3.63) is 16.6 Å². The second-order valence-electron chi connectivity index (χ2n) is 2.77. The van der Waals surface area contributed by atoms with Crippen LogP contribution in [-0.2, 0) is 14.3 Å². The standard InChI is InChI=1S/C8H7Cl2N3O4/c9-7-6(8(10)12-3-11-7)13-4(14)1-17-2-5(15)16/h3H,1-2H2,(H,13,14)(H,15,16). The van der Waals surface area contributed by atoms with E-state index in [1.54, 1.807) is 0 Å². The first-order valence-electron chi connectivity index (χ1n) is 4.26. The van der Waals surface area contributed by atoms with E-state index in [9.17, 15) is 9.59 Å². The van der Waals surface area contributed by atoms with E-state index >= 15 is 0 Å². The minimum atomic E-state index is -1.17. The van der Waals surface area contributed by atoms with Crippen molar-refractivity contribution in [3.8, 4) is 0 Å². The third-order valence-corrected chi connectivity index (χ3v) is 2.05. The van der Waals surface area contributed by atoms with Crippen LogP contribution in [0.4, 0.5) is 5.69 Å². The number of aliphatic carboxylic acids is 1. The van der Waals surface area contributed by atoms with Crippen molar-refractivity contribution in [2.45, 2.75) is 0 Å². The molecule has 2 N–H and O–H groups in total. The third kappa shape index (κ3) is 4.51. The Hall–Kier alpha value is -1.44. The fourth-order valence-electron chi connectivity index (χ4n) is 0.854. The summed E-state index contributed by atoms with van der Waals surface area (Å²) in [6.07, 6.45) is 1.14. The highest BCUT2D eigenvalue weighted by atomic mass is 35.5. The van der Waals surface area contributed by atoms with Crippen LogP contribution in [-0.4, -0.2) is 40.2 Å². The normalized spacial score (nSPS) is 10.0. The highest BCUT2D eigenvalue weighted by Crippen LogP contribution is 2.25. The minimum Gasteiger partial charge on any atom is -0.480 e. The van der Waals surface area contributed by atoms with Gasteiger partial charge in [-0.05, 0) is 0 Å². The van der Waals surface area contributed by atoms with Crippen molar-refractivity contribution >= 4 is 40.8 Å². The highest BCUT2D eigenvalue weighted by molar-refractivity contribution is 6.38. The first-order valence-corrected chi connectivity index (χ1v) is 5.01. The van der Waals surface area contributed by atoms with Crippen LogP contribution in [0, 0.1) is 0 Å². The molecular formula is C8H7Cl2N3O4. The van der Waals surface area contributed by atoms with Gasteiger partial charge in [-0.25, -0.2) is 14.8 Å². The van der Waals surface area contributed by atoms with Gasteiger partial charge >= 0.3 is 5.97 Å². The number of carbonyl (C=O) groups is 2. The first kappa shape index (κ1) is 13.6. The smallest absolute Gasteiger partial charge is 0.329 e. The average Bonchev–Trinajstić information content (AvgIpc) is 2.23. The monoisotopic (exact) mass is 279 g/mol. The van der Waals surface area contributed by atoms with E-state index in [0.29, 0.717) is 0 Å². The first-order chi connectivity index (χ1) is 8.00. The molecule has 0 atom stereocenters. The molecule has 0 spiro atoms. The zero-order valence-corrected chi connectivity index (χ0v) is 9.83. The SMILES string of the molecule is O=C(O)COCC(=O)Nc1c(Cl)ncnc1Cl. The number of hydrogen-bond donors (Lipinski definition) is 2. The molecule has 0 aliphatic carbocycles. The number of halogens is 2. The summed E-state index contributed by atoms with van der Waals surface area (Å²) in [6, 6.07) is 0. The maximum atomic E-state index is 11.3. The molecule has 7 nitrogen and oxygen atoms in total. The number of nitrogens with zero attached hydrogens (tertiary/aromatic N) is 2. The number of rotatable bonds is 5. The Kier molecular flexibility index (Phi) is 5.08. The van der Waals surface area contributed by atoms with Crippen molar-refractivity contribution in [1.29, 1.82) is 0 Å². The molecule has 0 aliphatic rings. The number of carboxylic acid groups (broad SMARTS) is 1. The Bertz CT molecular complexity index is 421. The molecule has 0 saturated carbocycles. The Morgan fingerprint density at radius 1 is 1.29 bits per heavy atom. The van der Waals surface area contributed by atoms with Crippen molar-refractivity contribution in [2.24, 2.45) is 0 Å². The van der Waals surface area contributed by atoms with E-state index < -0.39 is 25.1 Å². The molecule has 1 amide bonds. The summed E-state index contributed by atoms with van der Waals surface area (Å²) in [4.78, 5) is 28.7. The number of ether oxygens (including phenoxy) is 1. The van der Waals surface area contributed by atoms with Gasteiger partial charge in [-0.2, -0.15) is 0 Å². The van der Waals surface area contributed by atoms with Gasteiger partial charge in [0.25, 0.3) is 5.91 Å². The second-order valence-corrected chi connectivity index (χ2v) is 3.48. The zero-order chi connectivity index (χ0) is 12.8. The maximum absolute atomic E-state index is 11.3. The number of amides is 1. The molecule has 17 heavy (non-hydrogen) atoms. The number of carboxylic acids is 1. The minimum absolute atomic E-state index is 0.0171. The molecule has 0 bridgehead atoms. The Labute approximate surface area is 106 Å². The summed E-state index contributed by atoms with van der Waals surface area (Å²) in [7, 11) is 0. The molecule has 1 rings (SSSR count). The van der Waals surface area contributed by atoms with Gasteiger partial charge in [-0.3, -0.25) is 4.79 Å². The lowest BCUT2D eigenvalue weighted by molar-refractivity contribution is -0.143. The lowest BCUT2D eigenvalue weighted by Gasteiger charge is -2.07. The van der Waals surface area contributed by atoms with Gasteiger partial charge in [0.2, 0.25) is 0 Å². The van der Waals surface area contributed by atoms with E-state index in [1.807, 2.05) is 0 Å². The molecule has 0 aromatic carbocycles. The summed E-state index contributed by atoms with van der Waals surface area (Å²) in [5, 5.41) is 10.6. The molecule has 0 unspecified atom stereocenters. The maximum Gasteiger partial charge on any atom is 0.329 e. The van der Waals surface area contributed by atoms with E-state index in [2.05, 4.69) is 20.0 Å². The van der Waals surface area contributed by atoms with Crippen molar-refractivity contribution in [1.82, 2.24) is 9.97 Å². The van der Waals surface area contributed by atoms with Crippen LogP contribution in [0.5, 0.6) is 0 Å². The van der Waals surface area contributed by atoms with Crippen LogP contribution in [0.2, 0.25) is 10.3 Å². The van der Waals surface area contributed by atoms with Crippen LogP contribution >= 0.6 is 23.2 Å². The molecule has 1 aromatic heterocycles. The lowest BCUT2D eigenvalue weighted by Crippen LogP contribution is -2.21. The van der Waals surface area contributed by atoms with Crippen molar-refractivity contribution in [2.75, 3.05) is 18.5 Å². The predicted molar refractivity (Wildman–Crippen MR) is 59.1 cm³/mol. The topological polar surface area (TPSA) is 101 Å². The molecule has 9 heteroatoms. The molecule has 0 saturated heterocycles. The molecule has 0 radical (unpaired) electrons. The summed E-state index contributed by atoms with van der Waals surface area (Å²) >= 11 is 11.3. The molecular weight excluding hydrogens is 273 g/mol.